The average Bonchev–Trinajstić information content (AvgIpc) is 2.77. The lowest BCUT2D eigenvalue weighted by molar-refractivity contribution is 0.290. The average molecular weight is 274 g/mol. The minimum Gasteiger partial charge on any atom is -0.486 e. The van der Waals surface area contributed by atoms with Gasteiger partial charge in [-0.25, -0.2) is 0 Å². The molecule has 1 atom stereocenters. The topological polar surface area (TPSA) is 52.0 Å². The van der Waals surface area contributed by atoms with Crippen molar-refractivity contribution in [3.05, 3.63) is 41.5 Å². The molecule has 1 unspecified atom stereocenters. The molecule has 5 heteroatoms. The lowest BCUT2D eigenvalue weighted by Gasteiger charge is -2.14. The summed E-state index contributed by atoms with van der Waals surface area (Å²) >= 11 is 0. The molecule has 0 saturated heterocycles. The molecule has 0 saturated carbocycles. The fourth-order valence-corrected chi connectivity index (χ4v) is 2.02. The SMILES string of the molecule is CCNC(C)c1cccc(OCc2nnc(C)n2C)c1. The van der Waals surface area contributed by atoms with Crippen molar-refractivity contribution in [1.29, 1.82) is 0 Å². The van der Waals surface area contributed by atoms with Gasteiger partial charge in [-0.3, -0.25) is 0 Å². The molecular weight excluding hydrogens is 252 g/mol. The number of nitrogens with zero attached hydrogens (tertiary/aromatic N) is 3. The maximum absolute atomic E-state index is 5.80. The van der Waals surface area contributed by atoms with Crippen molar-refractivity contribution in [2.24, 2.45) is 7.05 Å². The lowest BCUT2D eigenvalue weighted by Crippen LogP contribution is -2.17. The number of rotatable bonds is 6. The molecule has 0 amide bonds. The third-order valence-electron chi connectivity index (χ3n) is 3.42. The van der Waals surface area contributed by atoms with E-state index in [0.717, 1.165) is 23.9 Å². The highest BCUT2D eigenvalue weighted by Gasteiger charge is 2.07. The van der Waals surface area contributed by atoms with E-state index in [1.54, 1.807) is 0 Å². The van der Waals surface area contributed by atoms with Crippen LogP contribution >= 0.6 is 0 Å². The third kappa shape index (κ3) is 3.36. The summed E-state index contributed by atoms with van der Waals surface area (Å²) in [7, 11) is 1.94. The molecule has 1 N–H and O–H groups in total. The molecule has 0 radical (unpaired) electrons. The van der Waals surface area contributed by atoms with Crippen molar-refractivity contribution in [2.45, 2.75) is 33.4 Å². The Bertz CT molecular complexity index is 565. The highest BCUT2D eigenvalue weighted by molar-refractivity contribution is 5.30. The molecule has 0 bridgehead atoms. The van der Waals surface area contributed by atoms with Gasteiger partial charge >= 0.3 is 0 Å². The van der Waals surface area contributed by atoms with Crippen LogP contribution in [-0.4, -0.2) is 21.3 Å². The minimum absolute atomic E-state index is 0.320. The molecule has 0 aliphatic rings. The first-order valence-corrected chi connectivity index (χ1v) is 6.92. The van der Waals surface area contributed by atoms with E-state index in [0.29, 0.717) is 12.6 Å². The summed E-state index contributed by atoms with van der Waals surface area (Å²) in [5.74, 6) is 2.57. The van der Waals surface area contributed by atoms with Crippen LogP contribution in [-0.2, 0) is 13.7 Å². The summed E-state index contributed by atoms with van der Waals surface area (Å²) in [5, 5.41) is 11.5. The maximum Gasteiger partial charge on any atom is 0.170 e. The second-order valence-electron chi connectivity index (χ2n) is 4.86. The Balaban J connectivity index is 2.03. The van der Waals surface area contributed by atoms with E-state index in [9.17, 15) is 0 Å². The summed E-state index contributed by atoms with van der Waals surface area (Å²) in [6, 6.07) is 8.47. The van der Waals surface area contributed by atoms with Crippen molar-refractivity contribution in [3.63, 3.8) is 0 Å². The molecule has 2 aromatic rings. The summed E-state index contributed by atoms with van der Waals surface area (Å²) < 4.78 is 7.74. The van der Waals surface area contributed by atoms with Gasteiger partial charge in [-0.05, 0) is 38.1 Å². The van der Waals surface area contributed by atoms with Gasteiger partial charge in [-0.2, -0.15) is 0 Å². The van der Waals surface area contributed by atoms with Crippen molar-refractivity contribution in [2.75, 3.05) is 6.54 Å². The standard InChI is InChI=1S/C15H22N4O/c1-5-16-11(2)13-7-6-8-14(9-13)20-10-15-18-17-12(3)19(15)4/h6-9,11,16H,5,10H2,1-4H3. The van der Waals surface area contributed by atoms with Crippen molar-refractivity contribution < 1.29 is 4.74 Å². The van der Waals surface area contributed by atoms with Crippen LogP contribution in [0.25, 0.3) is 0 Å². The van der Waals surface area contributed by atoms with E-state index in [1.165, 1.54) is 5.56 Å². The van der Waals surface area contributed by atoms with E-state index >= 15 is 0 Å². The molecule has 0 spiro atoms. The highest BCUT2D eigenvalue weighted by Crippen LogP contribution is 2.19. The fourth-order valence-electron chi connectivity index (χ4n) is 2.02. The monoisotopic (exact) mass is 274 g/mol. The molecule has 1 aromatic heterocycles. The largest absolute Gasteiger partial charge is 0.486 e. The molecule has 2 rings (SSSR count). The molecule has 0 fully saturated rings. The molecule has 5 nitrogen and oxygen atoms in total. The van der Waals surface area contributed by atoms with E-state index in [-0.39, 0.29) is 0 Å². The summed E-state index contributed by atoms with van der Waals surface area (Å²) in [4.78, 5) is 0. The van der Waals surface area contributed by atoms with Gasteiger partial charge in [0.05, 0.1) is 0 Å². The number of hydrogen-bond donors (Lipinski definition) is 1. The van der Waals surface area contributed by atoms with E-state index in [2.05, 4.69) is 41.5 Å². The first kappa shape index (κ1) is 14.5. The summed E-state index contributed by atoms with van der Waals surface area (Å²) in [5.41, 5.74) is 1.22. The predicted molar refractivity (Wildman–Crippen MR) is 78.6 cm³/mol. The molecule has 1 aromatic carbocycles. The van der Waals surface area contributed by atoms with Crippen molar-refractivity contribution in [3.8, 4) is 5.75 Å². The second kappa shape index (κ2) is 6.52. The number of hydrogen-bond acceptors (Lipinski definition) is 4. The molecule has 0 aliphatic carbocycles. The number of nitrogens with one attached hydrogen (secondary N) is 1. The van der Waals surface area contributed by atoms with Gasteiger partial charge in [0.1, 0.15) is 18.2 Å². The van der Waals surface area contributed by atoms with Gasteiger partial charge in [-0.1, -0.05) is 19.1 Å². The fraction of sp³-hybridized carbons (Fsp3) is 0.467. The van der Waals surface area contributed by atoms with Gasteiger partial charge in [0, 0.05) is 13.1 Å². The van der Waals surface area contributed by atoms with Crippen molar-refractivity contribution >= 4 is 0 Å². The normalized spacial score (nSPS) is 12.4. The molecule has 20 heavy (non-hydrogen) atoms. The Kier molecular flexibility index (Phi) is 4.74. The van der Waals surface area contributed by atoms with E-state index in [1.807, 2.05) is 30.7 Å². The highest BCUT2D eigenvalue weighted by atomic mass is 16.5. The zero-order valence-corrected chi connectivity index (χ0v) is 12.6. The summed E-state index contributed by atoms with van der Waals surface area (Å²) in [6.07, 6.45) is 0. The van der Waals surface area contributed by atoms with Gasteiger partial charge in [-0.15, -0.1) is 10.2 Å². The molecule has 108 valence electrons. The van der Waals surface area contributed by atoms with Crippen LogP contribution in [0.15, 0.2) is 24.3 Å². The Labute approximate surface area is 120 Å². The Hall–Kier alpha value is -1.88. The lowest BCUT2D eigenvalue weighted by atomic mass is 10.1. The van der Waals surface area contributed by atoms with Crippen LogP contribution in [0, 0.1) is 6.92 Å². The Morgan fingerprint density at radius 2 is 2.15 bits per heavy atom. The smallest absolute Gasteiger partial charge is 0.170 e. The third-order valence-corrected chi connectivity index (χ3v) is 3.42. The van der Waals surface area contributed by atoms with Gasteiger partial charge in [0.2, 0.25) is 0 Å². The van der Waals surface area contributed by atoms with Gasteiger partial charge in [0.15, 0.2) is 5.82 Å². The van der Waals surface area contributed by atoms with Gasteiger partial charge < -0.3 is 14.6 Å². The Morgan fingerprint density at radius 3 is 2.80 bits per heavy atom. The van der Waals surface area contributed by atoms with Crippen molar-refractivity contribution in [1.82, 2.24) is 20.1 Å². The second-order valence-corrected chi connectivity index (χ2v) is 4.86. The first-order valence-electron chi connectivity index (χ1n) is 6.92. The maximum atomic E-state index is 5.80. The van der Waals surface area contributed by atoms with E-state index in [4.69, 9.17) is 4.74 Å². The molecular formula is C15H22N4O. The number of aromatic nitrogens is 3. The molecule has 0 aliphatic heterocycles. The van der Waals surface area contributed by atoms with Crippen LogP contribution in [0.3, 0.4) is 0 Å². The Morgan fingerprint density at radius 1 is 1.35 bits per heavy atom. The quantitative estimate of drug-likeness (QED) is 0.878. The predicted octanol–water partition coefficient (Wildman–Crippen LogP) is 2.37. The zero-order valence-electron chi connectivity index (χ0n) is 12.6. The number of ether oxygens (including phenoxy) is 1. The van der Waals surface area contributed by atoms with Crippen LogP contribution in [0.5, 0.6) is 5.75 Å². The first-order chi connectivity index (χ1) is 9.61. The van der Waals surface area contributed by atoms with Crippen LogP contribution in [0.1, 0.15) is 37.1 Å². The van der Waals surface area contributed by atoms with Gasteiger partial charge in [0.25, 0.3) is 0 Å². The number of aryl methyl sites for hydroxylation is 1. The van der Waals surface area contributed by atoms with Crippen LogP contribution in [0.2, 0.25) is 0 Å². The zero-order chi connectivity index (χ0) is 14.5. The van der Waals surface area contributed by atoms with Crippen LogP contribution < -0.4 is 10.1 Å². The number of benzene rings is 1. The molecule has 1 heterocycles. The summed E-state index contributed by atoms with van der Waals surface area (Å²) in [6.45, 7) is 7.55. The minimum atomic E-state index is 0.320. The van der Waals surface area contributed by atoms with Crippen LogP contribution in [0.4, 0.5) is 0 Å². The van der Waals surface area contributed by atoms with E-state index < -0.39 is 0 Å².